The van der Waals surface area contributed by atoms with Crippen LogP contribution in [0.5, 0.6) is 0 Å². The number of halogens is 1. The molecule has 2 aliphatic rings. The molecular weight excluding hydrogens is 279 g/mol. The fourth-order valence-electron chi connectivity index (χ4n) is 4.40. The summed E-state index contributed by atoms with van der Waals surface area (Å²) < 4.78 is 14.3. The molecule has 1 fully saturated rings. The highest BCUT2D eigenvalue weighted by molar-refractivity contribution is 5.62. The molecule has 3 nitrogen and oxygen atoms in total. The highest BCUT2D eigenvalue weighted by Crippen LogP contribution is 2.59. The summed E-state index contributed by atoms with van der Waals surface area (Å²) in [5.74, 6) is -0.221. The lowest BCUT2D eigenvalue weighted by atomic mass is 9.65. The Balaban J connectivity index is 2.16. The summed E-state index contributed by atoms with van der Waals surface area (Å²) in [5.41, 5.74) is -0.0753. The second-order valence-corrected chi connectivity index (χ2v) is 7.44. The number of hydrogen-bond donors (Lipinski definition) is 1. The summed E-state index contributed by atoms with van der Waals surface area (Å²) >= 11 is 0. The molecule has 0 aromatic heterocycles. The van der Waals surface area contributed by atoms with E-state index in [0.29, 0.717) is 23.2 Å². The lowest BCUT2D eigenvalue weighted by Gasteiger charge is -2.47. The molecule has 118 valence electrons. The second kappa shape index (κ2) is 5.04. The van der Waals surface area contributed by atoms with Crippen molar-refractivity contribution in [3.8, 4) is 0 Å². The van der Waals surface area contributed by atoms with Crippen molar-refractivity contribution in [3.63, 3.8) is 0 Å². The predicted molar refractivity (Wildman–Crippen MR) is 84.3 cm³/mol. The van der Waals surface area contributed by atoms with E-state index >= 15 is 0 Å². The summed E-state index contributed by atoms with van der Waals surface area (Å²) in [6, 6.07) is 2.88. The number of fused-ring (bicyclic) bond motifs is 1. The molecule has 1 aliphatic carbocycles. The van der Waals surface area contributed by atoms with Crippen LogP contribution in [0.1, 0.15) is 37.8 Å². The van der Waals surface area contributed by atoms with Gasteiger partial charge in [0.05, 0.1) is 12.2 Å². The topological polar surface area (TPSA) is 27.8 Å². The highest BCUT2D eigenvalue weighted by atomic mass is 19.1. The van der Waals surface area contributed by atoms with Crippen molar-refractivity contribution in [2.75, 3.05) is 20.1 Å². The van der Waals surface area contributed by atoms with Crippen molar-refractivity contribution >= 4 is 5.69 Å². The Kier molecular flexibility index (Phi) is 3.54. The number of hydrogen-bond acceptors (Lipinski definition) is 2. The first-order valence-electron chi connectivity index (χ1n) is 7.91. The van der Waals surface area contributed by atoms with Crippen molar-refractivity contribution in [2.45, 2.75) is 38.7 Å². The molecule has 0 amide bonds. The van der Waals surface area contributed by atoms with E-state index in [-0.39, 0.29) is 11.7 Å². The molecule has 1 aromatic carbocycles. The van der Waals surface area contributed by atoms with Gasteiger partial charge in [-0.2, -0.15) is 0 Å². The maximum Gasteiger partial charge on any atom is 0.193 e. The van der Waals surface area contributed by atoms with Crippen LogP contribution in [-0.2, 0) is 12.0 Å². The maximum atomic E-state index is 14.3. The number of piperidine rings is 1. The molecule has 0 radical (unpaired) electrons. The zero-order valence-corrected chi connectivity index (χ0v) is 13.5. The van der Waals surface area contributed by atoms with Gasteiger partial charge in [-0.05, 0) is 62.5 Å². The molecule has 0 bridgehead atoms. The van der Waals surface area contributed by atoms with Crippen LogP contribution in [0.15, 0.2) is 12.1 Å². The van der Waals surface area contributed by atoms with Crippen molar-refractivity contribution in [1.82, 2.24) is 4.90 Å². The van der Waals surface area contributed by atoms with E-state index in [1.165, 1.54) is 12.1 Å². The van der Waals surface area contributed by atoms with Crippen LogP contribution < -0.4 is 0 Å². The van der Waals surface area contributed by atoms with E-state index in [0.717, 1.165) is 25.9 Å². The van der Waals surface area contributed by atoms with E-state index in [2.05, 4.69) is 16.8 Å². The lowest BCUT2D eigenvalue weighted by molar-refractivity contribution is -0.121. The van der Waals surface area contributed by atoms with E-state index < -0.39 is 11.0 Å². The van der Waals surface area contributed by atoms with E-state index in [1.54, 1.807) is 0 Å². The Bertz CT molecular complexity index is 641. The fourth-order valence-corrected chi connectivity index (χ4v) is 4.40. The zero-order valence-electron chi connectivity index (χ0n) is 13.5. The molecule has 1 aromatic rings. The zero-order chi connectivity index (χ0) is 16.1. The molecule has 22 heavy (non-hydrogen) atoms. The van der Waals surface area contributed by atoms with Crippen molar-refractivity contribution in [2.24, 2.45) is 11.3 Å². The summed E-state index contributed by atoms with van der Waals surface area (Å²) in [5, 5.41) is 11.7. The van der Waals surface area contributed by atoms with Gasteiger partial charge in [0.1, 0.15) is 5.82 Å². The summed E-state index contributed by atoms with van der Waals surface area (Å²) in [6.07, 6.45) is 2.24. The van der Waals surface area contributed by atoms with Gasteiger partial charge in [0, 0.05) is 5.41 Å². The molecular formula is C18H23FN2O. The van der Waals surface area contributed by atoms with Crippen LogP contribution in [0.3, 0.4) is 0 Å². The number of rotatable bonds is 1. The van der Waals surface area contributed by atoms with Gasteiger partial charge in [0.2, 0.25) is 0 Å². The third-order valence-corrected chi connectivity index (χ3v) is 5.70. The maximum absolute atomic E-state index is 14.3. The van der Waals surface area contributed by atoms with Gasteiger partial charge in [-0.15, -0.1) is 0 Å². The molecule has 1 unspecified atom stereocenters. The highest BCUT2D eigenvalue weighted by Gasteiger charge is 2.57. The quantitative estimate of drug-likeness (QED) is 0.804. The number of likely N-dealkylation sites (tertiary alicyclic amines) is 1. The Morgan fingerprint density at radius 3 is 2.55 bits per heavy atom. The monoisotopic (exact) mass is 302 g/mol. The van der Waals surface area contributed by atoms with Gasteiger partial charge in [-0.25, -0.2) is 9.24 Å². The predicted octanol–water partition coefficient (Wildman–Crippen LogP) is 3.49. The summed E-state index contributed by atoms with van der Waals surface area (Å²) in [7, 11) is 2.08. The fraction of sp³-hybridized carbons (Fsp3) is 0.611. The van der Waals surface area contributed by atoms with E-state index in [4.69, 9.17) is 6.57 Å². The van der Waals surface area contributed by atoms with Crippen molar-refractivity contribution < 1.29 is 9.50 Å². The first kappa shape index (κ1) is 15.5. The third-order valence-electron chi connectivity index (χ3n) is 5.70. The van der Waals surface area contributed by atoms with Crippen LogP contribution in [0, 0.1) is 23.7 Å². The van der Waals surface area contributed by atoms with E-state index in [1.807, 2.05) is 13.8 Å². The molecule has 0 spiro atoms. The Hall–Kier alpha value is -1.44. The molecule has 1 atom stereocenters. The van der Waals surface area contributed by atoms with Gasteiger partial charge < -0.3 is 10.0 Å². The lowest BCUT2D eigenvalue weighted by Crippen LogP contribution is -2.49. The first-order chi connectivity index (χ1) is 10.3. The number of aliphatic hydroxyl groups is 1. The molecule has 1 saturated heterocycles. The Labute approximate surface area is 131 Å². The third kappa shape index (κ3) is 2.00. The van der Waals surface area contributed by atoms with Crippen LogP contribution in [0.4, 0.5) is 10.1 Å². The van der Waals surface area contributed by atoms with Crippen LogP contribution in [0.2, 0.25) is 0 Å². The minimum atomic E-state index is -1.12. The molecule has 1 heterocycles. The summed E-state index contributed by atoms with van der Waals surface area (Å²) in [4.78, 5) is 5.82. The van der Waals surface area contributed by atoms with Gasteiger partial charge in [0.25, 0.3) is 0 Å². The normalized spacial score (nSPS) is 28.4. The molecule has 1 aliphatic heterocycles. The van der Waals surface area contributed by atoms with E-state index in [9.17, 15) is 9.50 Å². The smallest absolute Gasteiger partial charge is 0.193 e. The van der Waals surface area contributed by atoms with Crippen LogP contribution in [0.25, 0.3) is 4.85 Å². The second-order valence-electron chi connectivity index (χ2n) is 7.44. The van der Waals surface area contributed by atoms with Gasteiger partial charge in [-0.1, -0.05) is 19.9 Å². The minimum Gasteiger partial charge on any atom is -0.386 e. The first-order valence-corrected chi connectivity index (χ1v) is 7.91. The standard InChI is InChI=1S/C18H23FN2O/c1-17(2)11-13-14(19)5-6-15(20-3)16(13)18(17,22)12-7-9-21(4)10-8-12/h5-6,12,22H,7-11H2,1-2,4H3. The van der Waals surface area contributed by atoms with Gasteiger partial charge in [0.15, 0.2) is 5.69 Å². The Morgan fingerprint density at radius 2 is 1.95 bits per heavy atom. The molecule has 3 rings (SSSR count). The largest absolute Gasteiger partial charge is 0.386 e. The summed E-state index contributed by atoms with van der Waals surface area (Å²) in [6.45, 7) is 13.3. The van der Waals surface area contributed by atoms with Crippen molar-refractivity contribution in [1.29, 1.82) is 0 Å². The average molecular weight is 302 g/mol. The van der Waals surface area contributed by atoms with Gasteiger partial charge >= 0.3 is 0 Å². The number of benzene rings is 1. The van der Waals surface area contributed by atoms with Crippen molar-refractivity contribution in [3.05, 3.63) is 40.5 Å². The minimum absolute atomic E-state index is 0.0715. The Morgan fingerprint density at radius 1 is 1.32 bits per heavy atom. The molecule has 4 heteroatoms. The molecule has 0 saturated carbocycles. The van der Waals surface area contributed by atoms with Crippen LogP contribution >= 0.6 is 0 Å². The average Bonchev–Trinajstić information content (AvgIpc) is 2.70. The molecule has 1 N–H and O–H groups in total. The van der Waals surface area contributed by atoms with Crippen LogP contribution in [-0.4, -0.2) is 30.1 Å². The van der Waals surface area contributed by atoms with Gasteiger partial charge in [-0.3, -0.25) is 0 Å². The SMILES string of the molecule is [C-]#[N+]c1ccc(F)c2c1C(O)(C1CCN(C)CC1)C(C)(C)C2. The number of nitrogens with zero attached hydrogens (tertiary/aromatic N) is 2.